The second-order valence-corrected chi connectivity index (χ2v) is 9.18. The molecule has 0 aliphatic carbocycles. The topological polar surface area (TPSA) is 96.5 Å². The van der Waals surface area contributed by atoms with Crippen LogP contribution in [0.5, 0.6) is 5.75 Å². The summed E-state index contributed by atoms with van der Waals surface area (Å²) in [7, 11) is -3.98. The van der Waals surface area contributed by atoms with E-state index in [9.17, 15) is 18.0 Å². The zero-order valence-electron chi connectivity index (χ0n) is 18.8. The Balaban J connectivity index is 1.80. The van der Waals surface area contributed by atoms with Gasteiger partial charge >= 0.3 is 6.09 Å². The van der Waals surface area contributed by atoms with E-state index < -0.39 is 16.1 Å². The highest BCUT2D eigenvalue weighted by Gasteiger charge is 2.31. The van der Waals surface area contributed by atoms with Crippen molar-refractivity contribution in [2.24, 2.45) is 0 Å². The van der Waals surface area contributed by atoms with E-state index in [0.29, 0.717) is 44.2 Å². The van der Waals surface area contributed by atoms with E-state index in [1.54, 1.807) is 54.3 Å². The lowest BCUT2D eigenvalue weighted by molar-refractivity contribution is -0.131. The maximum Gasteiger partial charge on any atom is 0.409 e. The largest absolute Gasteiger partial charge is 0.494 e. The van der Waals surface area contributed by atoms with Crippen LogP contribution in [0.3, 0.4) is 0 Å². The Bertz CT molecular complexity index is 1040. The third-order valence-corrected chi connectivity index (χ3v) is 6.99. The summed E-state index contributed by atoms with van der Waals surface area (Å²) in [4.78, 5) is 28.2. The summed E-state index contributed by atoms with van der Waals surface area (Å²) in [6.07, 6.45) is -0.410. The summed E-state index contributed by atoms with van der Waals surface area (Å²) in [6, 6.07) is 14.6. The average molecular weight is 476 g/mol. The lowest BCUT2D eigenvalue weighted by Crippen LogP contribution is -2.53. The minimum atomic E-state index is -3.98. The van der Waals surface area contributed by atoms with E-state index in [1.807, 2.05) is 6.92 Å². The molecule has 1 heterocycles. The minimum Gasteiger partial charge on any atom is -0.494 e. The molecule has 0 saturated carbocycles. The van der Waals surface area contributed by atoms with Crippen molar-refractivity contribution in [3.63, 3.8) is 0 Å². The molecule has 0 aromatic heterocycles. The van der Waals surface area contributed by atoms with Crippen LogP contribution in [0.4, 0.5) is 10.5 Å². The van der Waals surface area contributed by atoms with Gasteiger partial charge < -0.3 is 19.3 Å². The predicted octanol–water partition coefficient (Wildman–Crippen LogP) is 2.58. The molecular formula is C23H29N3O6S. The van der Waals surface area contributed by atoms with Crippen LogP contribution in [0, 0.1) is 0 Å². The summed E-state index contributed by atoms with van der Waals surface area (Å²) < 4.78 is 38.4. The third kappa shape index (κ3) is 5.95. The summed E-state index contributed by atoms with van der Waals surface area (Å²) >= 11 is 0. The lowest BCUT2D eigenvalue weighted by Gasteiger charge is -2.35. The van der Waals surface area contributed by atoms with Crippen molar-refractivity contribution in [2.45, 2.75) is 18.7 Å². The Morgan fingerprint density at radius 1 is 0.879 bits per heavy atom. The van der Waals surface area contributed by atoms with Gasteiger partial charge in [-0.25, -0.2) is 13.2 Å². The van der Waals surface area contributed by atoms with Gasteiger partial charge in [-0.05, 0) is 50.2 Å². The molecule has 1 fully saturated rings. The number of sulfonamides is 1. The molecule has 0 radical (unpaired) electrons. The minimum absolute atomic E-state index is 0.0961. The molecule has 33 heavy (non-hydrogen) atoms. The van der Waals surface area contributed by atoms with Crippen LogP contribution in [0.25, 0.3) is 0 Å². The highest BCUT2D eigenvalue weighted by atomic mass is 32.2. The molecule has 178 valence electrons. The van der Waals surface area contributed by atoms with Crippen molar-refractivity contribution in [1.82, 2.24) is 9.80 Å². The first-order valence-electron chi connectivity index (χ1n) is 10.9. The lowest BCUT2D eigenvalue weighted by atomic mass is 10.3. The maximum atomic E-state index is 13.4. The second-order valence-electron chi connectivity index (χ2n) is 7.32. The number of hydrogen-bond donors (Lipinski definition) is 0. The molecule has 2 aromatic carbocycles. The van der Waals surface area contributed by atoms with Gasteiger partial charge in [-0.1, -0.05) is 18.2 Å². The van der Waals surface area contributed by atoms with Crippen LogP contribution >= 0.6 is 0 Å². The number of rotatable bonds is 8. The van der Waals surface area contributed by atoms with E-state index in [0.717, 1.165) is 4.31 Å². The summed E-state index contributed by atoms with van der Waals surface area (Å²) in [5.74, 6) is 0.270. The molecule has 2 aromatic rings. The van der Waals surface area contributed by atoms with Crippen molar-refractivity contribution >= 4 is 27.7 Å². The molecule has 0 unspecified atom stereocenters. The van der Waals surface area contributed by atoms with Crippen molar-refractivity contribution < 1.29 is 27.5 Å². The second kappa shape index (κ2) is 11.0. The van der Waals surface area contributed by atoms with Gasteiger partial charge in [-0.2, -0.15) is 0 Å². The maximum absolute atomic E-state index is 13.4. The van der Waals surface area contributed by atoms with Crippen LogP contribution in [-0.2, 0) is 19.6 Å². The van der Waals surface area contributed by atoms with E-state index in [2.05, 4.69) is 0 Å². The molecule has 10 heteroatoms. The van der Waals surface area contributed by atoms with Crippen molar-refractivity contribution in [3.05, 3.63) is 54.6 Å². The smallest absolute Gasteiger partial charge is 0.409 e. The molecular weight excluding hydrogens is 446 g/mol. The molecule has 0 N–H and O–H groups in total. The normalized spacial score (nSPS) is 14.0. The number of carbonyl (C=O) groups excluding carboxylic acids is 2. The van der Waals surface area contributed by atoms with Gasteiger partial charge in [0.05, 0.1) is 23.8 Å². The third-order valence-electron chi connectivity index (χ3n) is 5.20. The molecule has 1 aliphatic heterocycles. The zero-order chi connectivity index (χ0) is 23.8. The fourth-order valence-corrected chi connectivity index (χ4v) is 4.92. The number of benzene rings is 2. The Hall–Kier alpha value is -3.27. The quantitative estimate of drug-likeness (QED) is 0.582. The fourth-order valence-electron chi connectivity index (χ4n) is 3.49. The monoisotopic (exact) mass is 475 g/mol. The zero-order valence-corrected chi connectivity index (χ0v) is 19.7. The first-order valence-corrected chi connectivity index (χ1v) is 12.3. The molecule has 2 amide bonds. The number of ether oxygens (including phenoxy) is 2. The van der Waals surface area contributed by atoms with Gasteiger partial charge in [0.1, 0.15) is 12.3 Å². The van der Waals surface area contributed by atoms with E-state index >= 15 is 0 Å². The number of nitrogens with zero attached hydrogens (tertiary/aromatic N) is 3. The number of anilines is 1. The van der Waals surface area contributed by atoms with E-state index in [-0.39, 0.29) is 24.0 Å². The number of amides is 2. The highest BCUT2D eigenvalue weighted by Crippen LogP contribution is 2.26. The molecule has 3 rings (SSSR count). The summed E-state index contributed by atoms with van der Waals surface area (Å²) in [5, 5.41) is 0. The fraction of sp³-hybridized carbons (Fsp3) is 0.391. The number of hydrogen-bond acceptors (Lipinski definition) is 6. The molecule has 1 aliphatic rings. The van der Waals surface area contributed by atoms with E-state index in [4.69, 9.17) is 9.47 Å². The highest BCUT2D eigenvalue weighted by molar-refractivity contribution is 7.92. The predicted molar refractivity (Wildman–Crippen MR) is 124 cm³/mol. The van der Waals surface area contributed by atoms with Gasteiger partial charge in [0.25, 0.3) is 10.0 Å². The average Bonchev–Trinajstić information content (AvgIpc) is 2.84. The Labute approximate surface area is 194 Å². The van der Waals surface area contributed by atoms with Crippen molar-refractivity contribution in [1.29, 1.82) is 0 Å². The molecule has 0 atom stereocenters. The van der Waals surface area contributed by atoms with Crippen molar-refractivity contribution in [3.8, 4) is 5.75 Å². The molecule has 0 bridgehead atoms. The van der Waals surface area contributed by atoms with E-state index in [1.165, 1.54) is 17.0 Å². The van der Waals surface area contributed by atoms with Gasteiger partial charge in [-0.3, -0.25) is 9.10 Å². The summed E-state index contributed by atoms with van der Waals surface area (Å²) in [5.41, 5.74) is 0.362. The first kappa shape index (κ1) is 24.4. The molecule has 9 nitrogen and oxygen atoms in total. The Morgan fingerprint density at radius 3 is 2.06 bits per heavy atom. The summed E-state index contributed by atoms with van der Waals surface area (Å²) in [6.45, 7) is 5.29. The van der Waals surface area contributed by atoms with Crippen LogP contribution in [0.1, 0.15) is 13.8 Å². The van der Waals surface area contributed by atoms with Gasteiger partial charge in [0.2, 0.25) is 5.91 Å². The van der Waals surface area contributed by atoms with Crippen LogP contribution in [-0.4, -0.2) is 76.2 Å². The standard InChI is InChI=1S/C23H29N3O6S/c1-3-31-20-12-10-19(11-13-20)26(33(29,30)21-8-6-5-7-9-21)18-22(27)24-14-16-25(17-15-24)23(28)32-4-2/h5-13H,3-4,14-18H2,1-2H3. The van der Waals surface area contributed by atoms with Crippen LogP contribution in [0.15, 0.2) is 59.5 Å². The van der Waals surface area contributed by atoms with Crippen LogP contribution < -0.4 is 9.04 Å². The Kier molecular flexibility index (Phi) is 8.16. The van der Waals surface area contributed by atoms with Crippen LogP contribution in [0.2, 0.25) is 0 Å². The van der Waals surface area contributed by atoms with Gasteiger partial charge in [0, 0.05) is 26.2 Å². The first-order chi connectivity index (χ1) is 15.9. The molecule has 1 saturated heterocycles. The Morgan fingerprint density at radius 2 is 1.48 bits per heavy atom. The van der Waals surface area contributed by atoms with Gasteiger partial charge in [-0.15, -0.1) is 0 Å². The SMILES string of the molecule is CCOC(=O)N1CCN(C(=O)CN(c2ccc(OCC)cc2)S(=O)(=O)c2ccccc2)CC1. The number of piperazine rings is 1. The number of carbonyl (C=O) groups is 2. The van der Waals surface area contributed by atoms with Crippen molar-refractivity contribution in [2.75, 3.05) is 50.2 Å². The van der Waals surface area contributed by atoms with Gasteiger partial charge in [0.15, 0.2) is 0 Å². The molecule has 0 spiro atoms.